The Hall–Kier alpha value is -8.14. The lowest BCUT2D eigenvalue weighted by Gasteiger charge is -2.14. The Kier molecular flexibility index (Phi) is 6.64. The Bertz CT molecular complexity index is 4060. The maximum Gasteiger partial charge on any atom is 0.143 e. The van der Waals surface area contributed by atoms with Gasteiger partial charge in [-0.05, 0) is 78.8 Å². The van der Waals surface area contributed by atoms with Gasteiger partial charge < -0.3 is 4.42 Å². The number of rotatable bonds is 6. The highest BCUT2D eigenvalue weighted by Crippen LogP contribution is 2.51. The molecule has 0 radical (unpaired) electrons. The first-order valence-electron chi connectivity index (χ1n) is 23.7. The van der Waals surface area contributed by atoms with Crippen molar-refractivity contribution >= 4 is 54.1 Å². The quantitative estimate of drug-likeness (QED) is 0.158. The molecule has 0 amide bonds. The van der Waals surface area contributed by atoms with E-state index >= 15 is 0 Å². The van der Waals surface area contributed by atoms with E-state index in [1.165, 1.54) is 5.39 Å². The number of pyridine rings is 2. The summed E-state index contributed by atoms with van der Waals surface area (Å²) in [5.41, 5.74) is 8.47. The Morgan fingerprint density at radius 1 is 0.377 bits per heavy atom. The van der Waals surface area contributed by atoms with Crippen LogP contribution in [0.15, 0.2) is 223 Å². The van der Waals surface area contributed by atoms with Gasteiger partial charge in [-0.3, -0.25) is 4.98 Å². The molecule has 3 heterocycles. The number of fused-ring (bicyclic) bond motifs is 7. The molecule has 61 heavy (non-hydrogen) atoms. The van der Waals surface area contributed by atoms with Gasteiger partial charge in [0.1, 0.15) is 11.5 Å². The van der Waals surface area contributed by atoms with Crippen molar-refractivity contribution in [3.8, 4) is 67.3 Å². The maximum atomic E-state index is 9.23. The topological polar surface area (TPSA) is 38.9 Å². The van der Waals surface area contributed by atoms with Crippen LogP contribution in [0.2, 0.25) is 0 Å². The van der Waals surface area contributed by atoms with Gasteiger partial charge in [0, 0.05) is 44.8 Å². The molecule has 0 fully saturated rings. The van der Waals surface area contributed by atoms with E-state index in [-0.39, 0.29) is 45.6 Å². The summed E-state index contributed by atoms with van der Waals surface area (Å²) in [4.78, 5) is 9.14. The summed E-state index contributed by atoms with van der Waals surface area (Å²) >= 11 is 0. The van der Waals surface area contributed by atoms with Crippen LogP contribution in [-0.2, 0) is 0 Å². The highest BCUT2D eigenvalue weighted by molar-refractivity contribution is 6.16. The monoisotopic (exact) mass is 783 g/mol. The van der Waals surface area contributed by atoms with Crippen LogP contribution in [0.1, 0.15) is 9.60 Å². The van der Waals surface area contributed by atoms with Crippen LogP contribution in [0.4, 0.5) is 0 Å². The van der Waals surface area contributed by atoms with Gasteiger partial charge in [0.2, 0.25) is 0 Å². The molecular weight excluding hydrogens is 741 g/mol. The smallest absolute Gasteiger partial charge is 0.143 e. The predicted octanol–water partition coefficient (Wildman–Crippen LogP) is 15.8. The molecule has 0 saturated carbocycles. The van der Waals surface area contributed by atoms with Crippen molar-refractivity contribution in [2.24, 2.45) is 0 Å². The first-order valence-corrected chi connectivity index (χ1v) is 20.2. The second-order valence-corrected chi connectivity index (χ2v) is 15.1. The Morgan fingerprint density at radius 3 is 1.74 bits per heavy atom. The number of hydrogen-bond acceptors (Lipinski definition) is 3. The fourth-order valence-corrected chi connectivity index (χ4v) is 8.85. The summed E-state index contributed by atoms with van der Waals surface area (Å²) in [5.74, 6) is 1.52. The number of hydrogen-bond donors (Lipinski definition) is 0. The highest BCUT2D eigenvalue weighted by Gasteiger charge is 2.27. The van der Waals surface area contributed by atoms with Crippen molar-refractivity contribution in [1.82, 2.24) is 9.97 Å². The minimum Gasteiger partial charge on any atom is -0.455 e. The minimum atomic E-state index is -0.469. The number of benzene rings is 9. The zero-order valence-corrected chi connectivity index (χ0v) is 32.5. The van der Waals surface area contributed by atoms with Crippen LogP contribution >= 0.6 is 0 Å². The van der Waals surface area contributed by atoms with Gasteiger partial charge >= 0.3 is 0 Å². The second kappa shape index (κ2) is 14.3. The molecular formula is C58H36N2O. The molecule has 0 aliphatic rings. The fourth-order valence-electron chi connectivity index (χ4n) is 8.85. The third kappa shape index (κ3) is 5.82. The average Bonchev–Trinajstić information content (AvgIpc) is 3.79. The van der Waals surface area contributed by atoms with Crippen LogP contribution in [0.25, 0.3) is 121 Å². The second-order valence-electron chi connectivity index (χ2n) is 15.1. The minimum absolute atomic E-state index is 0.0135. The van der Waals surface area contributed by atoms with Crippen molar-refractivity contribution in [3.05, 3.63) is 218 Å². The molecule has 0 unspecified atom stereocenters. The molecule has 3 heteroatoms. The average molecular weight is 784 g/mol. The third-order valence-electron chi connectivity index (χ3n) is 11.6. The van der Waals surface area contributed by atoms with Gasteiger partial charge in [0.15, 0.2) is 0 Å². The summed E-state index contributed by atoms with van der Waals surface area (Å²) < 4.78 is 68.2. The van der Waals surface area contributed by atoms with Crippen molar-refractivity contribution in [1.29, 1.82) is 0 Å². The summed E-state index contributed by atoms with van der Waals surface area (Å²) in [6.45, 7) is 0. The SMILES string of the molecule is [2H]c1nc2c(c([2H])c1[2H])c([2H])c([2H])c1c([2H])c([2H])c(-c3ccc(-c4cccc(-c5c(-c6ccccc6)oc(-c6cc7ccccc7c7ccccc67)c5-c5ccccc5)c4)c4ccccc34)nc12. The van der Waals surface area contributed by atoms with E-state index in [0.29, 0.717) is 5.56 Å². The van der Waals surface area contributed by atoms with E-state index in [1.54, 1.807) is 0 Å². The molecule has 9 aromatic carbocycles. The molecule has 284 valence electrons. The molecule has 0 bridgehead atoms. The Balaban J connectivity index is 1.09. The predicted molar refractivity (Wildman–Crippen MR) is 254 cm³/mol. The van der Waals surface area contributed by atoms with Crippen molar-refractivity contribution in [3.63, 3.8) is 0 Å². The van der Waals surface area contributed by atoms with Gasteiger partial charge in [0.25, 0.3) is 0 Å². The molecule has 0 aliphatic heterocycles. The first-order chi connectivity index (χ1) is 33.2. The lowest BCUT2D eigenvalue weighted by molar-refractivity contribution is 0.599. The Labute approximate surface area is 362 Å². The first kappa shape index (κ1) is 28.3. The van der Waals surface area contributed by atoms with Crippen LogP contribution in [0, 0.1) is 0 Å². The molecule has 0 spiro atoms. The number of furan rings is 1. The fraction of sp³-hybridized carbons (Fsp3) is 0. The van der Waals surface area contributed by atoms with E-state index in [4.69, 9.17) is 17.6 Å². The summed E-state index contributed by atoms with van der Waals surface area (Å²) in [6, 6.07) is 57.9. The lowest BCUT2D eigenvalue weighted by atomic mass is 9.87. The van der Waals surface area contributed by atoms with Crippen LogP contribution < -0.4 is 0 Å². The molecule has 0 atom stereocenters. The molecule has 12 rings (SSSR count). The van der Waals surface area contributed by atoms with Crippen molar-refractivity contribution in [2.45, 2.75) is 0 Å². The van der Waals surface area contributed by atoms with Crippen LogP contribution in [-0.4, -0.2) is 9.97 Å². The molecule has 0 saturated heterocycles. The van der Waals surface area contributed by atoms with Gasteiger partial charge in [-0.25, -0.2) is 4.98 Å². The van der Waals surface area contributed by atoms with Crippen molar-refractivity contribution < 1.29 is 14.0 Å². The zero-order valence-electron chi connectivity index (χ0n) is 39.5. The highest BCUT2D eigenvalue weighted by atomic mass is 16.3. The molecule has 0 aliphatic carbocycles. The summed E-state index contributed by atoms with van der Waals surface area (Å²) in [7, 11) is 0. The molecule has 12 aromatic rings. The summed E-state index contributed by atoms with van der Waals surface area (Å²) in [5, 5.41) is 6.04. The number of nitrogens with zero attached hydrogens (tertiary/aromatic N) is 2. The largest absolute Gasteiger partial charge is 0.455 e. The van der Waals surface area contributed by atoms with E-state index < -0.39 is 24.3 Å². The molecule has 3 aromatic heterocycles. The van der Waals surface area contributed by atoms with Gasteiger partial charge in [-0.1, -0.05) is 188 Å². The molecule has 0 N–H and O–H groups in total. The maximum absolute atomic E-state index is 9.23. The van der Waals surface area contributed by atoms with Crippen LogP contribution in [0.3, 0.4) is 0 Å². The summed E-state index contributed by atoms with van der Waals surface area (Å²) in [6.07, 6.45) is -0.469. The standard InChI is InChI=1S/C58H36N2O/c1-3-15-37(16-4-1)53-54(57(40-17-5-2-6-18-40)61-58(53)51-36-42-19-7-8-23-44(42)46-24-10-12-27-49(46)51)43-21-13-20-41(35-43)45-31-32-50(48-26-11-9-25-47(45)48)52-33-30-39-29-28-38-22-14-34-59-55(38)56(39)60-52/h1-36H/i14D,22D,28D,29D,30D,33D,34D. The number of aromatic nitrogens is 2. The van der Waals surface area contributed by atoms with Gasteiger partial charge in [-0.2, -0.15) is 0 Å². The van der Waals surface area contributed by atoms with E-state index in [9.17, 15) is 1.37 Å². The normalized spacial score (nSPS) is 13.2. The van der Waals surface area contributed by atoms with Crippen LogP contribution in [0.5, 0.6) is 0 Å². The van der Waals surface area contributed by atoms with Gasteiger partial charge in [-0.15, -0.1) is 0 Å². The zero-order chi connectivity index (χ0) is 46.4. The van der Waals surface area contributed by atoms with Gasteiger partial charge in [0.05, 0.1) is 26.3 Å². The molecule has 3 nitrogen and oxygen atoms in total. The van der Waals surface area contributed by atoms with E-state index in [1.807, 2.05) is 60.7 Å². The lowest BCUT2D eigenvalue weighted by Crippen LogP contribution is -1.91. The third-order valence-corrected chi connectivity index (χ3v) is 11.6. The van der Waals surface area contributed by atoms with E-state index in [2.05, 4.69) is 120 Å². The Morgan fingerprint density at radius 2 is 0.951 bits per heavy atom. The van der Waals surface area contributed by atoms with Crippen molar-refractivity contribution in [2.75, 3.05) is 0 Å². The van der Waals surface area contributed by atoms with E-state index in [0.717, 1.165) is 83.0 Å².